The molecule has 184 valence electrons. The topological polar surface area (TPSA) is 80.3 Å². The number of phosphoric acid groups is 2. The molecule has 9 heteroatoms. The summed E-state index contributed by atoms with van der Waals surface area (Å²) in [4.78, 5) is 0. The first-order valence-corrected chi connectivity index (χ1v) is 14.1. The zero-order valence-electron chi connectivity index (χ0n) is 19.4. The molecule has 0 fully saturated rings. The van der Waals surface area contributed by atoms with Crippen molar-refractivity contribution in [3.8, 4) is 49.4 Å². The van der Waals surface area contributed by atoms with Crippen LogP contribution in [-0.4, -0.2) is 26.4 Å². The Balaban J connectivity index is 5.13. The van der Waals surface area contributed by atoms with Gasteiger partial charge in [0.25, 0.3) is 0 Å². The Labute approximate surface area is 200 Å². The Kier molecular flexibility index (Phi) is 20.1. The molecule has 0 unspecified atom stereocenters. The van der Waals surface area contributed by atoms with Gasteiger partial charge < -0.3 is 0 Å². The van der Waals surface area contributed by atoms with Gasteiger partial charge in [0.15, 0.2) is 0 Å². The molecule has 0 N–H and O–H groups in total. The molecule has 7 nitrogen and oxygen atoms in total. The Bertz CT molecular complexity index is 648. The van der Waals surface area contributed by atoms with Gasteiger partial charge in [0.2, 0.25) is 0 Å². The Morgan fingerprint density at radius 3 is 0.909 bits per heavy atom. The normalized spacial score (nSPS) is 11.3. The van der Waals surface area contributed by atoms with E-state index in [4.69, 9.17) is 48.1 Å². The Morgan fingerprint density at radius 2 is 0.697 bits per heavy atom. The van der Waals surface area contributed by atoms with Gasteiger partial charge in [0, 0.05) is 25.7 Å². The van der Waals surface area contributed by atoms with E-state index < -0.39 is 15.6 Å². The van der Waals surface area contributed by atoms with E-state index in [0.29, 0.717) is 77.0 Å². The first-order valence-electron chi connectivity index (χ1n) is 11.2. The molecule has 33 heavy (non-hydrogen) atoms. The summed E-state index contributed by atoms with van der Waals surface area (Å²) in [6.07, 6.45) is 28.0. The van der Waals surface area contributed by atoms with Crippen LogP contribution in [0.1, 0.15) is 77.0 Å². The molecule has 0 aromatic heterocycles. The van der Waals surface area contributed by atoms with Gasteiger partial charge in [-0.15, -0.1) is 49.4 Å². The molecule has 0 aliphatic carbocycles. The van der Waals surface area contributed by atoms with Crippen LogP contribution in [0.4, 0.5) is 0 Å². The number of terminal acetylenes is 4. The fraction of sp³-hybridized carbons (Fsp3) is 0.667. The lowest BCUT2D eigenvalue weighted by molar-refractivity contribution is 0.106. The second-order valence-corrected chi connectivity index (χ2v) is 10.4. The zero-order chi connectivity index (χ0) is 24.7. The van der Waals surface area contributed by atoms with Crippen LogP contribution in [-0.2, 0) is 31.5 Å². The van der Waals surface area contributed by atoms with Crippen LogP contribution in [0.25, 0.3) is 0 Å². The molecule has 0 aliphatic rings. The highest BCUT2D eigenvalue weighted by atomic mass is 31.3. The van der Waals surface area contributed by atoms with Gasteiger partial charge in [-0.25, -0.2) is 9.13 Å². The van der Waals surface area contributed by atoms with E-state index >= 15 is 0 Å². The lowest BCUT2D eigenvalue weighted by Gasteiger charge is -2.23. The van der Waals surface area contributed by atoms with Gasteiger partial charge in [-0.3, -0.25) is 18.1 Å². The van der Waals surface area contributed by atoms with Gasteiger partial charge in [-0.1, -0.05) is 0 Å². The third kappa shape index (κ3) is 18.6. The summed E-state index contributed by atoms with van der Waals surface area (Å²) in [6.45, 7) is 0.197. The molecular formula is C24H36O7P2. The molecule has 0 bridgehead atoms. The zero-order valence-corrected chi connectivity index (χ0v) is 21.2. The van der Waals surface area contributed by atoms with Crippen molar-refractivity contribution < 1.29 is 31.5 Å². The number of hydrogen-bond donors (Lipinski definition) is 0. The molecule has 0 radical (unpaired) electrons. The average Bonchev–Trinajstić information content (AvgIpc) is 2.78. The third-order valence-electron chi connectivity index (χ3n) is 4.06. The molecule has 0 aromatic rings. The lowest BCUT2D eigenvalue weighted by Crippen LogP contribution is -2.07. The SMILES string of the molecule is C#CCCCCOP(=O)(OCCCCC#C)OP(=O)(OCCCCC#C)OCCCCC#C. The Morgan fingerprint density at radius 1 is 0.455 bits per heavy atom. The molecule has 0 heterocycles. The monoisotopic (exact) mass is 498 g/mol. The smallest absolute Gasteiger partial charge is 0.287 e. The van der Waals surface area contributed by atoms with E-state index in [9.17, 15) is 9.13 Å². The highest BCUT2D eigenvalue weighted by Crippen LogP contribution is 2.66. The highest BCUT2D eigenvalue weighted by Gasteiger charge is 2.40. The predicted molar refractivity (Wildman–Crippen MR) is 131 cm³/mol. The quantitative estimate of drug-likeness (QED) is 0.0958. The van der Waals surface area contributed by atoms with Crippen molar-refractivity contribution in [1.29, 1.82) is 0 Å². The summed E-state index contributed by atoms with van der Waals surface area (Å²) >= 11 is 0. The highest BCUT2D eigenvalue weighted by molar-refractivity contribution is 7.62. The van der Waals surface area contributed by atoms with Gasteiger partial charge in [0.1, 0.15) is 0 Å². The van der Waals surface area contributed by atoms with Crippen LogP contribution in [0.15, 0.2) is 0 Å². The van der Waals surface area contributed by atoms with Gasteiger partial charge in [-0.2, -0.15) is 4.31 Å². The summed E-state index contributed by atoms with van der Waals surface area (Å²) in [5.41, 5.74) is 0. The maximum atomic E-state index is 13.2. The first-order chi connectivity index (χ1) is 15.9. The van der Waals surface area contributed by atoms with Crippen molar-refractivity contribution in [3.63, 3.8) is 0 Å². The van der Waals surface area contributed by atoms with Crippen LogP contribution in [0.3, 0.4) is 0 Å². The van der Waals surface area contributed by atoms with Gasteiger partial charge in [-0.05, 0) is 51.4 Å². The third-order valence-corrected chi connectivity index (χ3v) is 7.65. The fourth-order valence-electron chi connectivity index (χ4n) is 2.31. The van der Waals surface area contributed by atoms with E-state index in [1.165, 1.54) is 0 Å². The second-order valence-electron chi connectivity index (χ2n) is 6.95. The van der Waals surface area contributed by atoms with Crippen LogP contribution in [0.5, 0.6) is 0 Å². The standard InChI is InChI=1S/C24H36O7P2/c1-5-9-13-17-21-27-32(25,28-22-18-14-10-6-2)31-33(26,29-23-19-15-11-7-3)30-24-20-16-12-8-4/h1-4H,9-24H2. The minimum absolute atomic E-state index is 0.0493. The van der Waals surface area contributed by atoms with E-state index in [1.54, 1.807) is 0 Å². The molecule has 0 rings (SSSR count). The lowest BCUT2D eigenvalue weighted by atomic mass is 10.2. The van der Waals surface area contributed by atoms with Crippen LogP contribution in [0, 0.1) is 49.4 Å². The van der Waals surface area contributed by atoms with Crippen molar-refractivity contribution in [1.82, 2.24) is 0 Å². The van der Waals surface area contributed by atoms with E-state index in [2.05, 4.69) is 23.7 Å². The molecule has 0 saturated heterocycles. The number of hydrogen-bond acceptors (Lipinski definition) is 7. The molecule has 0 amide bonds. The van der Waals surface area contributed by atoms with Gasteiger partial charge >= 0.3 is 15.6 Å². The maximum absolute atomic E-state index is 13.2. The molecule has 0 atom stereocenters. The van der Waals surface area contributed by atoms with Crippen LogP contribution >= 0.6 is 15.6 Å². The maximum Gasteiger partial charge on any atom is 0.483 e. The summed E-state index contributed by atoms with van der Waals surface area (Å²) in [7, 11) is -8.48. The van der Waals surface area contributed by atoms with Crippen LogP contribution < -0.4 is 0 Å². The van der Waals surface area contributed by atoms with E-state index in [-0.39, 0.29) is 26.4 Å². The Hall–Kier alpha value is -1.50. The molecular weight excluding hydrogens is 462 g/mol. The minimum atomic E-state index is -4.24. The fourth-order valence-corrected chi connectivity index (χ4v) is 5.61. The largest absolute Gasteiger partial charge is 0.483 e. The summed E-state index contributed by atoms with van der Waals surface area (Å²) in [5.74, 6) is 10.1. The van der Waals surface area contributed by atoms with Crippen molar-refractivity contribution >= 4 is 15.6 Å². The van der Waals surface area contributed by atoms with E-state index in [0.717, 1.165) is 0 Å². The number of unbranched alkanes of at least 4 members (excludes halogenated alkanes) is 8. The average molecular weight is 498 g/mol. The van der Waals surface area contributed by atoms with Crippen molar-refractivity contribution in [2.24, 2.45) is 0 Å². The minimum Gasteiger partial charge on any atom is -0.287 e. The van der Waals surface area contributed by atoms with E-state index in [1.807, 2.05) is 0 Å². The first kappa shape index (κ1) is 31.5. The number of rotatable bonds is 22. The second kappa shape index (κ2) is 21.1. The summed E-state index contributed by atoms with van der Waals surface area (Å²) in [6, 6.07) is 0. The van der Waals surface area contributed by atoms with Crippen molar-refractivity contribution in [2.75, 3.05) is 26.4 Å². The molecule has 0 aromatic carbocycles. The number of phosphoric ester groups is 2. The van der Waals surface area contributed by atoms with Crippen LogP contribution in [0.2, 0.25) is 0 Å². The predicted octanol–water partition coefficient (Wildman–Crippen LogP) is 6.50. The van der Waals surface area contributed by atoms with Crippen molar-refractivity contribution in [3.05, 3.63) is 0 Å². The van der Waals surface area contributed by atoms with Crippen molar-refractivity contribution in [2.45, 2.75) is 77.0 Å². The molecule has 0 aliphatic heterocycles. The van der Waals surface area contributed by atoms with Gasteiger partial charge in [0.05, 0.1) is 26.4 Å². The summed E-state index contributed by atoms with van der Waals surface area (Å²) < 4.78 is 53.3. The molecule has 0 spiro atoms. The molecule has 0 saturated carbocycles. The summed E-state index contributed by atoms with van der Waals surface area (Å²) in [5, 5.41) is 0.